The third kappa shape index (κ3) is 2.82. The van der Waals surface area contributed by atoms with Gasteiger partial charge in [0.2, 0.25) is 0 Å². The molecule has 0 fully saturated rings. The van der Waals surface area contributed by atoms with Gasteiger partial charge in [0.15, 0.2) is 0 Å². The summed E-state index contributed by atoms with van der Waals surface area (Å²) in [5.74, 6) is 0. The minimum absolute atomic E-state index is 0.0357. The number of furan rings is 1. The van der Waals surface area contributed by atoms with Gasteiger partial charge < -0.3 is 9.52 Å². The van der Waals surface area contributed by atoms with Crippen molar-refractivity contribution in [3.8, 4) is 0 Å². The Morgan fingerprint density at radius 1 is 1.17 bits per heavy atom. The molecule has 2 rings (SSSR count). The summed E-state index contributed by atoms with van der Waals surface area (Å²) in [6, 6.07) is 9.99. The van der Waals surface area contributed by atoms with Crippen molar-refractivity contribution in [1.82, 2.24) is 0 Å². The Morgan fingerprint density at radius 3 is 2.50 bits per heavy atom. The molecule has 0 aliphatic rings. The molecule has 1 unspecified atom stereocenters. The van der Waals surface area contributed by atoms with Crippen LogP contribution in [-0.4, -0.2) is 5.11 Å². The molecule has 2 nitrogen and oxygen atoms in total. The molecule has 2 aromatic rings. The average Bonchev–Trinajstić information content (AvgIpc) is 2.80. The van der Waals surface area contributed by atoms with Crippen LogP contribution in [0.1, 0.15) is 43.6 Å². The van der Waals surface area contributed by atoms with Crippen LogP contribution in [0.4, 0.5) is 0 Å². The molecule has 0 saturated carbocycles. The topological polar surface area (TPSA) is 33.4 Å². The minimum Gasteiger partial charge on any atom is -0.472 e. The largest absolute Gasteiger partial charge is 0.472 e. The smallest absolute Gasteiger partial charge is 0.0935 e. The molecule has 0 radical (unpaired) electrons. The number of hydrogen-bond acceptors (Lipinski definition) is 2. The first-order chi connectivity index (χ1) is 8.48. The van der Waals surface area contributed by atoms with Gasteiger partial charge in [-0.25, -0.2) is 0 Å². The van der Waals surface area contributed by atoms with Crippen LogP contribution >= 0.6 is 0 Å². The molecular weight excluding hydrogens is 224 g/mol. The zero-order chi connectivity index (χ0) is 13.2. The maximum absolute atomic E-state index is 10.4. The fourth-order valence-electron chi connectivity index (χ4n) is 2.21. The molecule has 1 aromatic heterocycles. The summed E-state index contributed by atoms with van der Waals surface area (Å²) in [7, 11) is 0. The standard InChI is InChI=1S/C16H20O2/c1-16(2,3)14-7-5-4-6-13(14)15(17)10-12-8-9-18-11-12/h4-9,11,15,17H,10H2,1-3H3. The van der Waals surface area contributed by atoms with E-state index in [-0.39, 0.29) is 5.41 Å². The highest BCUT2D eigenvalue weighted by Crippen LogP contribution is 2.31. The lowest BCUT2D eigenvalue weighted by Crippen LogP contribution is -2.16. The molecule has 0 aliphatic heterocycles. The van der Waals surface area contributed by atoms with Crippen molar-refractivity contribution in [2.75, 3.05) is 0 Å². The summed E-state index contributed by atoms with van der Waals surface area (Å²) in [4.78, 5) is 0. The van der Waals surface area contributed by atoms with E-state index in [4.69, 9.17) is 4.42 Å². The summed E-state index contributed by atoms with van der Waals surface area (Å²) < 4.78 is 5.04. The second-order valence-electron chi connectivity index (χ2n) is 5.69. The van der Waals surface area contributed by atoms with E-state index in [2.05, 4.69) is 26.8 Å². The van der Waals surface area contributed by atoms with E-state index in [1.807, 2.05) is 24.3 Å². The van der Waals surface area contributed by atoms with Crippen molar-refractivity contribution in [2.24, 2.45) is 0 Å². The first-order valence-electron chi connectivity index (χ1n) is 6.27. The number of hydrogen-bond donors (Lipinski definition) is 1. The van der Waals surface area contributed by atoms with Crippen molar-refractivity contribution in [2.45, 2.75) is 38.7 Å². The third-order valence-electron chi connectivity index (χ3n) is 3.14. The summed E-state index contributed by atoms with van der Waals surface area (Å²) >= 11 is 0. The zero-order valence-corrected chi connectivity index (χ0v) is 11.2. The highest BCUT2D eigenvalue weighted by Gasteiger charge is 2.21. The molecule has 1 heterocycles. The lowest BCUT2D eigenvalue weighted by atomic mass is 9.81. The predicted molar refractivity (Wildman–Crippen MR) is 72.5 cm³/mol. The molecule has 2 heteroatoms. The van der Waals surface area contributed by atoms with E-state index >= 15 is 0 Å². The molecule has 1 N–H and O–H groups in total. The van der Waals surface area contributed by atoms with Crippen molar-refractivity contribution in [1.29, 1.82) is 0 Å². The van der Waals surface area contributed by atoms with E-state index in [0.717, 1.165) is 11.1 Å². The van der Waals surface area contributed by atoms with Gasteiger partial charge in [-0.15, -0.1) is 0 Å². The fraction of sp³-hybridized carbons (Fsp3) is 0.375. The average molecular weight is 244 g/mol. The number of aliphatic hydroxyl groups is 1. The Balaban J connectivity index is 2.27. The number of rotatable bonds is 3. The molecular formula is C16H20O2. The Bertz CT molecular complexity index is 492. The van der Waals surface area contributed by atoms with Gasteiger partial charge in [-0.1, -0.05) is 45.0 Å². The Hall–Kier alpha value is -1.54. The van der Waals surface area contributed by atoms with Gasteiger partial charge in [0, 0.05) is 6.42 Å². The number of benzene rings is 1. The van der Waals surface area contributed by atoms with Crippen LogP contribution in [0, 0.1) is 0 Å². The first kappa shape index (κ1) is 12.9. The summed E-state index contributed by atoms with van der Waals surface area (Å²) in [5, 5.41) is 10.4. The van der Waals surface area contributed by atoms with Gasteiger partial charge in [0.1, 0.15) is 0 Å². The van der Waals surface area contributed by atoms with Crippen molar-refractivity contribution in [3.63, 3.8) is 0 Å². The van der Waals surface area contributed by atoms with Gasteiger partial charge in [-0.05, 0) is 28.2 Å². The van der Waals surface area contributed by atoms with Gasteiger partial charge in [-0.3, -0.25) is 0 Å². The van der Waals surface area contributed by atoms with Crippen LogP contribution in [0.3, 0.4) is 0 Å². The molecule has 0 bridgehead atoms. The maximum atomic E-state index is 10.4. The van der Waals surface area contributed by atoms with E-state index in [1.54, 1.807) is 12.5 Å². The summed E-state index contributed by atoms with van der Waals surface area (Å²) in [6.07, 6.45) is 3.42. The maximum Gasteiger partial charge on any atom is 0.0935 e. The van der Waals surface area contributed by atoms with Crippen molar-refractivity contribution >= 4 is 0 Å². The molecule has 0 amide bonds. The third-order valence-corrected chi connectivity index (χ3v) is 3.14. The van der Waals surface area contributed by atoms with Crippen molar-refractivity contribution in [3.05, 3.63) is 59.5 Å². The van der Waals surface area contributed by atoms with Crippen LogP contribution < -0.4 is 0 Å². The highest BCUT2D eigenvalue weighted by molar-refractivity contribution is 5.35. The molecule has 0 aliphatic carbocycles. The normalized spacial score (nSPS) is 13.6. The lowest BCUT2D eigenvalue weighted by molar-refractivity contribution is 0.175. The Morgan fingerprint density at radius 2 is 1.89 bits per heavy atom. The van der Waals surface area contributed by atoms with Crippen LogP contribution in [0.15, 0.2) is 47.3 Å². The molecule has 0 spiro atoms. The van der Waals surface area contributed by atoms with E-state index < -0.39 is 6.10 Å². The lowest BCUT2D eigenvalue weighted by Gasteiger charge is -2.25. The predicted octanol–water partition coefficient (Wildman–Crippen LogP) is 3.85. The molecule has 96 valence electrons. The fourth-order valence-corrected chi connectivity index (χ4v) is 2.21. The van der Waals surface area contributed by atoms with E-state index in [9.17, 15) is 5.11 Å². The van der Waals surface area contributed by atoms with Crippen LogP contribution in [0.25, 0.3) is 0 Å². The minimum atomic E-state index is -0.488. The Kier molecular flexibility index (Phi) is 3.58. The monoisotopic (exact) mass is 244 g/mol. The van der Waals surface area contributed by atoms with Crippen LogP contribution in [0.2, 0.25) is 0 Å². The highest BCUT2D eigenvalue weighted by atomic mass is 16.3. The van der Waals surface area contributed by atoms with E-state index in [0.29, 0.717) is 6.42 Å². The quantitative estimate of drug-likeness (QED) is 0.889. The van der Waals surface area contributed by atoms with Crippen molar-refractivity contribution < 1.29 is 9.52 Å². The first-order valence-corrected chi connectivity index (χ1v) is 6.27. The van der Waals surface area contributed by atoms with Gasteiger partial charge >= 0.3 is 0 Å². The SMILES string of the molecule is CC(C)(C)c1ccccc1C(O)Cc1ccoc1. The van der Waals surface area contributed by atoms with Crippen LogP contribution in [-0.2, 0) is 11.8 Å². The van der Waals surface area contributed by atoms with Crippen LogP contribution in [0.5, 0.6) is 0 Å². The summed E-state index contributed by atoms with van der Waals surface area (Å²) in [6.45, 7) is 6.49. The van der Waals surface area contributed by atoms with Gasteiger partial charge in [0.25, 0.3) is 0 Å². The molecule has 1 aromatic carbocycles. The second kappa shape index (κ2) is 4.99. The molecule has 0 saturated heterocycles. The number of aliphatic hydroxyl groups excluding tert-OH is 1. The van der Waals surface area contributed by atoms with Gasteiger partial charge in [0.05, 0.1) is 18.6 Å². The van der Waals surface area contributed by atoms with E-state index in [1.165, 1.54) is 5.56 Å². The Labute approximate surface area is 108 Å². The molecule has 18 heavy (non-hydrogen) atoms. The van der Waals surface area contributed by atoms with Gasteiger partial charge in [-0.2, -0.15) is 0 Å². The molecule has 1 atom stereocenters. The summed E-state index contributed by atoms with van der Waals surface area (Å²) in [5.41, 5.74) is 3.26. The zero-order valence-electron chi connectivity index (χ0n) is 11.2. The second-order valence-corrected chi connectivity index (χ2v) is 5.69.